The van der Waals surface area contributed by atoms with E-state index in [2.05, 4.69) is 26.3 Å². The zero-order chi connectivity index (χ0) is 16.8. The number of unbranched alkanes of at least 4 members (excludes halogenated alkanes) is 1. The lowest BCUT2D eigenvalue weighted by molar-refractivity contribution is -0.0654. The largest absolute Gasteiger partial charge is 0.367 e. The quantitative estimate of drug-likeness (QED) is 0.817. The minimum Gasteiger partial charge on any atom is -0.367 e. The second kappa shape index (κ2) is 8.30. The molecule has 0 saturated carbocycles. The number of carbonyl (C=O) groups is 1. The minimum absolute atomic E-state index is 0.00742. The molecule has 0 bridgehead atoms. The van der Waals surface area contributed by atoms with Crippen molar-refractivity contribution in [1.29, 1.82) is 0 Å². The first kappa shape index (κ1) is 17.0. The molecule has 1 aliphatic rings. The number of amides is 2. The molecule has 1 fully saturated rings. The van der Waals surface area contributed by atoms with E-state index in [-0.39, 0.29) is 18.2 Å². The zero-order valence-corrected chi connectivity index (χ0v) is 14.7. The molecule has 0 aliphatic carbocycles. The maximum Gasteiger partial charge on any atom is 0.317 e. The van der Waals surface area contributed by atoms with Gasteiger partial charge in [-0.1, -0.05) is 0 Å². The summed E-state index contributed by atoms with van der Waals surface area (Å²) in [6.45, 7) is 4.90. The number of carbonyl (C=O) groups excluding carboxylic acids is 1. The Morgan fingerprint density at radius 3 is 3.12 bits per heavy atom. The summed E-state index contributed by atoms with van der Waals surface area (Å²) < 4.78 is 8.02. The number of ether oxygens (including phenoxy) is 1. The zero-order valence-electron chi connectivity index (χ0n) is 13.9. The van der Waals surface area contributed by atoms with Gasteiger partial charge in [-0.15, -0.1) is 0 Å². The molecule has 0 spiro atoms. The van der Waals surface area contributed by atoms with Gasteiger partial charge in [0.25, 0.3) is 0 Å². The molecule has 1 N–H and O–H groups in total. The second-order valence-electron chi connectivity index (χ2n) is 6.14. The van der Waals surface area contributed by atoms with Crippen LogP contribution in [0, 0.1) is 0 Å². The SMILES string of the molecule is C[C@@H]1CN(C(=O)NCCCCn2ccnc2)C[C@H](c2ccsc2)O1. The number of urea groups is 1. The van der Waals surface area contributed by atoms with Gasteiger partial charge in [0.05, 0.1) is 19.0 Å². The third-order valence-electron chi connectivity index (χ3n) is 4.14. The van der Waals surface area contributed by atoms with Crippen LogP contribution in [0.3, 0.4) is 0 Å². The van der Waals surface area contributed by atoms with Gasteiger partial charge in [0, 0.05) is 32.0 Å². The molecule has 6 nitrogen and oxygen atoms in total. The number of nitrogens with one attached hydrogen (secondary N) is 1. The maximum absolute atomic E-state index is 12.4. The van der Waals surface area contributed by atoms with Crippen LogP contribution >= 0.6 is 11.3 Å². The smallest absolute Gasteiger partial charge is 0.317 e. The van der Waals surface area contributed by atoms with Crippen molar-refractivity contribution in [2.45, 2.75) is 38.5 Å². The molecular formula is C17H24N4O2S. The fourth-order valence-electron chi connectivity index (χ4n) is 2.91. The van der Waals surface area contributed by atoms with Crippen molar-refractivity contribution in [2.24, 2.45) is 0 Å². The number of hydrogen-bond acceptors (Lipinski definition) is 4. The number of thiophene rings is 1. The van der Waals surface area contributed by atoms with Crippen molar-refractivity contribution >= 4 is 17.4 Å². The summed E-state index contributed by atoms with van der Waals surface area (Å²) in [5, 5.41) is 7.16. The van der Waals surface area contributed by atoms with Crippen molar-refractivity contribution < 1.29 is 9.53 Å². The van der Waals surface area contributed by atoms with Gasteiger partial charge >= 0.3 is 6.03 Å². The number of nitrogens with zero attached hydrogens (tertiary/aromatic N) is 3. The topological polar surface area (TPSA) is 59.4 Å². The average molecular weight is 348 g/mol. The number of hydrogen-bond donors (Lipinski definition) is 1. The molecule has 0 aromatic carbocycles. The third-order valence-corrected chi connectivity index (χ3v) is 4.84. The van der Waals surface area contributed by atoms with Crippen LogP contribution in [0.1, 0.15) is 31.4 Å². The van der Waals surface area contributed by atoms with Crippen LogP contribution in [-0.4, -0.2) is 46.2 Å². The van der Waals surface area contributed by atoms with Crippen molar-refractivity contribution in [2.75, 3.05) is 19.6 Å². The standard InChI is InChI=1S/C17H24N4O2S/c1-14-10-21(11-16(23-14)15-4-9-24-12-15)17(22)19-5-2-3-7-20-8-6-18-13-20/h4,6,8-9,12-14,16H,2-3,5,7,10-11H2,1H3,(H,19,22)/t14-,16-/m1/s1. The van der Waals surface area contributed by atoms with Crippen molar-refractivity contribution in [3.63, 3.8) is 0 Å². The Morgan fingerprint density at radius 1 is 1.46 bits per heavy atom. The molecule has 3 heterocycles. The lowest BCUT2D eigenvalue weighted by Gasteiger charge is -2.36. The Kier molecular flexibility index (Phi) is 5.87. The normalized spacial score (nSPS) is 21.0. The summed E-state index contributed by atoms with van der Waals surface area (Å²) in [5.41, 5.74) is 1.16. The molecule has 2 aromatic rings. The molecular weight excluding hydrogens is 324 g/mol. The van der Waals surface area contributed by atoms with Crippen LogP contribution in [0.5, 0.6) is 0 Å². The van der Waals surface area contributed by atoms with Crippen LogP contribution in [0.2, 0.25) is 0 Å². The van der Waals surface area contributed by atoms with Crippen molar-refractivity contribution in [3.8, 4) is 0 Å². The average Bonchev–Trinajstić information content (AvgIpc) is 3.27. The predicted octanol–water partition coefficient (Wildman–Crippen LogP) is 2.90. The van der Waals surface area contributed by atoms with Crippen LogP contribution < -0.4 is 5.32 Å². The van der Waals surface area contributed by atoms with E-state index >= 15 is 0 Å². The van der Waals surface area contributed by atoms with Crippen molar-refractivity contribution in [3.05, 3.63) is 41.1 Å². The summed E-state index contributed by atoms with van der Waals surface area (Å²) in [6.07, 6.45) is 7.57. The molecule has 2 atom stereocenters. The van der Waals surface area contributed by atoms with Gasteiger partial charge in [-0.25, -0.2) is 9.78 Å². The number of rotatable bonds is 6. The van der Waals surface area contributed by atoms with Gasteiger partial charge in [-0.05, 0) is 42.2 Å². The molecule has 0 radical (unpaired) electrons. The van der Waals surface area contributed by atoms with Gasteiger partial charge in [-0.2, -0.15) is 11.3 Å². The second-order valence-corrected chi connectivity index (χ2v) is 6.92. The molecule has 2 amide bonds. The Morgan fingerprint density at radius 2 is 2.38 bits per heavy atom. The van der Waals surface area contributed by atoms with E-state index in [1.807, 2.05) is 29.7 Å². The summed E-state index contributed by atoms with van der Waals surface area (Å²) in [6, 6.07) is 2.08. The van der Waals surface area contributed by atoms with E-state index in [4.69, 9.17) is 4.74 Å². The highest BCUT2D eigenvalue weighted by atomic mass is 32.1. The summed E-state index contributed by atoms with van der Waals surface area (Å²) in [4.78, 5) is 18.3. The summed E-state index contributed by atoms with van der Waals surface area (Å²) in [5.74, 6) is 0. The van der Waals surface area contributed by atoms with E-state index in [9.17, 15) is 4.79 Å². The highest BCUT2D eigenvalue weighted by Crippen LogP contribution is 2.26. The molecule has 2 aromatic heterocycles. The van der Waals surface area contributed by atoms with Gasteiger partial charge in [0.1, 0.15) is 6.10 Å². The van der Waals surface area contributed by atoms with E-state index in [0.717, 1.165) is 24.9 Å². The number of aryl methyl sites for hydroxylation is 1. The first-order valence-corrected chi connectivity index (χ1v) is 9.32. The Labute approximate surface area is 146 Å². The van der Waals surface area contributed by atoms with Gasteiger partial charge in [-0.3, -0.25) is 0 Å². The Hall–Kier alpha value is -1.86. The van der Waals surface area contributed by atoms with E-state index in [1.54, 1.807) is 17.5 Å². The van der Waals surface area contributed by atoms with Crippen LogP contribution in [0.15, 0.2) is 35.5 Å². The molecule has 24 heavy (non-hydrogen) atoms. The summed E-state index contributed by atoms with van der Waals surface area (Å²) in [7, 11) is 0. The first-order chi connectivity index (χ1) is 11.7. The number of aromatic nitrogens is 2. The van der Waals surface area contributed by atoms with Crippen LogP contribution in [0.4, 0.5) is 4.79 Å². The summed E-state index contributed by atoms with van der Waals surface area (Å²) >= 11 is 1.66. The fourth-order valence-corrected chi connectivity index (χ4v) is 3.61. The molecule has 7 heteroatoms. The van der Waals surface area contributed by atoms with E-state index in [0.29, 0.717) is 19.6 Å². The molecule has 130 valence electrons. The molecule has 3 rings (SSSR count). The van der Waals surface area contributed by atoms with Gasteiger partial charge in [0.2, 0.25) is 0 Å². The van der Waals surface area contributed by atoms with Crippen LogP contribution in [0.25, 0.3) is 0 Å². The Balaban J connectivity index is 1.40. The van der Waals surface area contributed by atoms with E-state index in [1.165, 1.54) is 0 Å². The molecule has 0 unspecified atom stereocenters. The third kappa shape index (κ3) is 4.58. The Bertz CT molecular complexity index is 615. The maximum atomic E-state index is 12.4. The predicted molar refractivity (Wildman–Crippen MR) is 94.0 cm³/mol. The highest BCUT2D eigenvalue weighted by Gasteiger charge is 2.29. The first-order valence-electron chi connectivity index (χ1n) is 8.38. The van der Waals surface area contributed by atoms with E-state index < -0.39 is 0 Å². The lowest BCUT2D eigenvalue weighted by atomic mass is 10.1. The highest BCUT2D eigenvalue weighted by molar-refractivity contribution is 7.07. The van der Waals surface area contributed by atoms with Gasteiger partial charge in [0.15, 0.2) is 0 Å². The van der Waals surface area contributed by atoms with Crippen molar-refractivity contribution in [1.82, 2.24) is 19.8 Å². The minimum atomic E-state index is -0.0213. The fraction of sp³-hybridized carbons (Fsp3) is 0.529. The monoisotopic (exact) mass is 348 g/mol. The molecule has 1 saturated heterocycles. The number of imidazole rings is 1. The van der Waals surface area contributed by atoms with Crippen LogP contribution in [-0.2, 0) is 11.3 Å². The van der Waals surface area contributed by atoms with Gasteiger partial charge < -0.3 is 19.5 Å². The molecule has 1 aliphatic heterocycles. The lowest BCUT2D eigenvalue weighted by Crippen LogP contribution is -2.50. The number of morpholine rings is 1.